The zero-order valence-corrected chi connectivity index (χ0v) is 42.7. The van der Waals surface area contributed by atoms with Crippen molar-refractivity contribution in [1.82, 2.24) is 0 Å². The van der Waals surface area contributed by atoms with Crippen molar-refractivity contribution in [1.29, 1.82) is 0 Å². The highest BCUT2D eigenvalue weighted by molar-refractivity contribution is 5.71. The van der Waals surface area contributed by atoms with Crippen LogP contribution in [0.5, 0.6) is 0 Å². The minimum Gasteiger partial charge on any atom is -0.462 e. The Morgan fingerprint density at radius 2 is 0.652 bits per heavy atom. The second-order valence-electron chi connectivity index (χ2n) is 17.5. The van der Waals surface area contributed by atoms with Crippen molar-refractivity contribution in [3.05, 3.63) is 109 Å². The van der Waals surface area contributed by atoms with E-state index in [0.29, 0.717) is 12.8 Å². The number of carbonyl (C=O) groups excluding carboxylic acids is 3. The van der Waals surface area contributed by atoms with E-state index in [2.05, 4.69) is 130 Å². The van der Waals surface area contributed by atoms with E-state index in [1.807, 2.05) is 0 Å². The second kappa shape index (κ2) is 53.7. The SMILES string of the molecule is CC/C=C\C/C=C\C/C=C\C/C=C\C/C=C\CCCC(=O)OCC(COC(=O)CCCCCCCC/C=C\C=C/CCCCC)OC(=O)CCCCC/C=C\C=C/CCCCCCCCC. The van der Waals surface area contributed by atoms with Gasteiger partial charge in [0.2, 0.25) is 0 Å². The summed E-state index contributed by atoms with van der Waals surface area (Å²) in [4.78, 5) is 38.0. The molecule has 0 heterocycles. The predicted octanol–water partition coefficient (Wildman–Crippen LogP) is 17.9. The van der Waals surface area contributed by atoms with Gasteiger partial charge in [0.1, 0.15) is 13.2 Å². The average Bonchev–Trinajstić information content (AvgIpc) is 3.31. The van der Waals surface area contributed by atoms with Crippen LogP contribution in [-0.2, 0) is 28.6 Å². The van der Waals surface area contributed by atoms with Gasteiger partial charge >= 0.3 is 17.9 Å². The number of esters is 3. The topological polar surface area (TPSA) is 78.9 Å². The highest BCUT2D eigenvalue weighted by Gasteiger charge is 2.19. The van der Waals surface area contributed by atoms with Crippen molar-refractivity contribution >= 4 is 17.9 Å². The zero-order valence-electron chi connectivity index (χ0n) is 42.7. The Morgan fingerprint density at radius 1 is 0.333 bits per heavy atom. The Kier molecular flexibility index (Phi) is 50.5. The lowest BCUT2D eigenvalue weighted by atomic mass is 10.1. The summed E-state index contributed by atoms with van der Waals surface area (Å²) in [5.74, 6) is -1.02. The molecule has 0 aromatic heterocycles. The standard InChI is InChI=1S/C60H98O6/c1-4-7-10-13-16-19-22-25-28-30-33-35-38-41-44-47-50-53-59(62)65-56-57(55-64-58(61)52-49-46-43-40-37-34-31-27-24-21-18-15-12-9-6-3)66-60(63)54-51-48-45-42-39-36-32-29-26-23-20-17-14-11-8-5-2/h7,10,16,18-19,21,24-25,27-29,32-33,35-36,39,41,44,57H,4-6,8-9,11-15,17,20,22-23,26,30-31,34,37-38,40,42-43,45-56H2,1-3H3/b10-7-,19-16-,21-18-,27-24-,28-25-,32-29-,35-33-,39-36-,44-41-. The molecule has 0 aromatic rings. The van der Waals surface area contributed by atoms with Gasteiger partial charge in [-0.1, -0.05) is 214 Å². The molecule has 0 bridgehead atoms. The van der Waals surface area contributed by atoms with Gasteiger partial charge in [0.05, 0.1) is 0 Å². The largest absolute Gasteiger partial charge is 0.462 e. The molecule has 0 radical (unpaired) electrons. The van der Waals surface area contributed by atoms with Crippen LogP contribution in [-0.4, -0.2) is 37.2 Å². The number of unbranched alkanes of at least 4 members (excludes halogenated alkanes) is 20. The quantitative estimate of drug-likeness (QED) is 0.0199. The summed E-state index contributed by atoms with van der Waals surface area (Å²) in [5, 5.41) is 0. The van der Waals surface area contributed by atoms with E-state index >= 15 is 0 Å². The van der Waals surface area contributed by atoms with Gasteiger partial charge in [-0.25, -0.2) is 0 Å². The molecule has 0 N–H and O–H groups in total. The number of hydrogen-bond acceptors (Lipinski definition) is 6. The van der Waals surface area contributed by atoms with Crippen molar-refractivity contribution in [3.8, 4) is 0 Å². The third-order valence-electron chi connectivity index (χ3n) is 11.0. The monoisotopic (exact) mass is 915 g/mol. The molecular weight excluding hydrogens is 817 g/mol. The summed E-state index contributed by atoms with van der Waals surface area (Å²) in [7, 11) is 0. The highest BCUT2D eigenvalue weighted by atomic mass is 16.6. The number of carbonyl (C=O) groups is 3. The number of rotatable bonds is 47. The first-order valence-corrected chi connectivity index (χ1v) is 26.9. The molecule has 374 valence electrons. The van der Waals surface area contributed by atoms with Crippen LogP contribution < -0.4 is 0 Å². The molecule has 6 heteroatoms. The third-order valence-corrected chi connectivity index (χ3v) is 11.0. The fourth-order valence-electron chi connectivity index (χ4n) is 6.99. The van der Waals surface area contributed by atoms with Crippen LogP contribution in [0.3, 0.4) is 0 Å². The van der Waals surface area contributed by atoms with Crippen LogP contribution in [0.4, 0.5) is 0 Å². The van der Waals surface area contributed by atoms with Gasteiger partial charge in [-0.15, -0.1) is 0 Å². The van der Waals surface area contributed by atoms with E-state index < -0.39 is 6.10 Å². The van der Waals surface area contributed by atoms with Crippen molar-refractivity contribution < 1.29 is 28.6 Å². The van der Waals surface area contributed by atoms with E-state index in [9.17, 15) is 14.4 Å². The summed E-state index contributed by atoms with van der Waals surface area (Å²) in [6, 6.07) is 0. The second-order valence-corrected chi connectivity index (χ2v) is 17.5. The maximum Gasteiger partial charge on any atom is 0.306 e. The van der Waals surface area contributed by atoms with Gasteiger partial charge in [0.15, 0.2) is 6.10 Å². The highest BCUT2D eigenvalue weighted by Crippen LogP contribution is 2.13. The molecule has 6 nitrogen and oxygen atoms in total. The molecule has 0 aromatic carbocycles. The first kappa shape index (κ1) is 62.1. The summed E-state index contributed by atoms with van der Waals surface area (Å²) < 4.78 is 16.7. The number of ether oxygens (including phenoxy) is 3. The first-order chi connectivity index (χ1) is 32.5. The Hall–Kier alpha value is -3.93. The molecule has 0 amide bonds. The summed E-state index contributed by atoms with van der Waals surface area (Å²) >= 11 is 0. The van der Waals surface area contributed by atoms with Crippen molar-refractivity contribution in [2.45, 2.75) is 239 Å². The minimum absolute atomic E-state index is 0.114. The summed E-state index contributed by atoms with van der Waals surface area (Å²) in [5.41, 5.74) is 0. The normalized spacial score (nSPS) is 13.0. The van der Waals surface area contributed by atoms with Crippen molar-refractivity contribution in [3.63, 3.8) is 0 Å². The fourth-order valence-corrected chi connectivity index (χ4v) is 6.99. The van der Waals surface area contributed by atoms with Gasteiger partial charge in [-0.3, -0.25) is 14.4 Å². The van der Waals surface area contributed by atoms with Crippen LogP contribution >= 0.6 is 0 Å². The molecule has 1 unspecified atom stereocenters. The Labute approximate surface area is 406 Å². The van der Waals surface area contributed by atoms with Gasteiger partial charge in [0.25, 0.3) is 0 Å². The molecule has 0 aliphatic carbocycles. The van der Waals surface area contributed by atoms with Crippen molar-refractivity contribution in [2.24, 2.45) is 0 Å². The molecular formula is C60H98O6. The predicted molar refractivity (Wildman–Crippen MR) is 283 cm³/mol. The molecule has 66 heavy (non-hydrogen) atoms. The molecule has 0 spiro atoms. The van der Waals surface area contributed by atoms with E-state index in [-0.39, 0.29) is 44.0 Å². The molecule has 1 atom stereocenters. The van der Waals surface area contributed by atoms with Crippen LogP contribution in [0.15, 0.2) is 109 Å². The Morgan fingerprint density at radius 3 is 1.11 bits per heavy atom. The van der Waals surface area contributed by atoms with Gasteiger partial charge < -0.3 is 14.2 Å². The van der Waals surface area contributed by atoms with Crippen molar-refractivity contribution in [2.75, 3.05) is 13.2 Å². The maximum absolute atomic E-state index is 12.8. The Bertz CT molecular complexity index is 1370. The van der Waals surface area contributed by atoms with Crippen LogP contribution in [0.25, 0.3) is 0 Å². The smallest absolute Gasteiger partial charge is 0.306 e. The maximum atomic E-state index is 12.8. The number of hydrogen-bond donors (Lipinski definition) is 0. The lowest BCUT2D eigenvalue weighted by Gasteiger charge is -2.18. The fraction of sp³-hybridized carbons (Fsp3) is 0.650. The first-order valence-electron chi connectivity index (χ1n) is 26.9. The van der Waals surface area contributed by atoms with Gasteiger partial charge in [-0.05, 0) is 109 Å². The molecule has 0 aliphatic heterocycles. The van der Waals surface area contributed by atoms with E-state index in [1.165, 1.54) is 83.5 Å². The van der Waals surface area contributed by atoms with Crippen LogP contribution in [0.2, 0.25) is 0 Å². The molecule has 0 aliphatic rings. The van der Waals surface area contributed by atoms with E-state index in [4.69, 9.17) is 14.2 Å². The molecule has 0 rings (SSSR count). The van der Waals surface area contributed by atoms with E-state index in [0.717, 1.165) is 103 Å². The third kappa shape index (κ3) is 51.1. The molecule has 0 saturated carbocycles. The Balaban J connectivity index is 4.56. The summed E-state index contributed by atoms with van der Waals surface area (Å²) in [6.07, 6.45) is 72.2. The zero-order chi connectivity index (χ0) is 47.9. The minimum atomic E-state index is -0.822. The van der Waals surface area contributed by atoms with Crippen LogP contribution in [0, 0.1) is 0 Å². The van der Waals surface area contributed by atoms with Gasteiger partial charge in [0, 0.05) is 19.3 Å². The molecule has 0 fully saturated rings. The van der Waals surface area contributed by atoms with Crippen LogP contribution in [0.1, 0.15) is 233 Å². The average molecular weight is 915 g/mol. The lowest BCUT2D eigenvalue weighted by Crippen LogP contribution is -2.30. The molecule has 0 saturated heterocycles. The summed E-state index contributed by atoms with van der Waals surface area (Å²) in [6.45, 7) is 6.40. The number of allylic oxidation sites excluding steroid dienone is 18. The van der Waals surface area contributed by atoms with Gasteiger partial charge in [-0.2, -0.15) is 0 Å². The van der Waals surface area contributed by atoms with E-state index in [1.54, 1.807) is 0 Å². The lowest BCUT2D eigenvalue weighted by molar-refractivity contribution is -0.167.